The number of hydrogen-bond acceptors (Lipinski definition) is 4. The predicted octanol–water partition coefficient (Wildman–Crippen LogP) is 0.583. The van der Waals surface area contributed by atoms with Crippen LogP contribution < -0.4 is 15.2 Å². The SMILES string of the molecule is CCOc1ccc(C(=O)CC[NH2+][C@H](Cc2ccccc2)C(=O)[O-])cc1. The molecule has 5 heteroatoms. The van der Waals surface area contributed by atoms with Crippen molar-refractivity contribution in [1.29, 1.82) is 0 Å². The molecule has 1 atom stereocenters. The van der Waals surface area contributed by atoms with E-state index in [1.54, 1.807) is 29.6 Å². The minimum atomic E-state index is -1.11. The zero-order chi connectivity index (χ0) is 18.1. The van der Waals surface area contributed by atoms with Gasteiger partial charge in [0.25, 0.3) is 0 Å². The lowest BCUT2D eigenvalue weighted by atomic mass is 10.1. The molecule has 5 nitrogen and oxygen atoms in total. The van der Waals surface area contributed by atoms with Crippen molar-refractivity contribution in [2.45, 2.75) is 25.8 Å². The summed E-state index contributed by atoms with van der Waals surface area (Å²) in [6.45, 7) is 2.88. The highest BCUT2D eigenvalue weighted by molar-refractivity contribution is 5.96. The molecule has 0 unspecified atom stereocenters. The minimum Gasteiger partial charge on any atom is -0.544 e. The van der Waals surface area contributed by atoms with Gasteiger partial charge in [-0.1, -0.05) is 30.3 Å². The van der Waals surface area contributed by atoms with Crippen molar-refractivity contribution in [2.24, 2.45) is 0 Å². The summed E-state index contributed by atoms with van der Waals surface area (Å²) in [5.41, 5.74) is 1.54. The Hall–Kier alpha value is -2.66. The first-order chi connectivity index (χ1) is 12.1. The number of rotatable bonds is 10. The Morgan fingerprint density at radius 2 is 1.76 bits per heavy atom. The molecule has 2 N–H and O–H groups in total. The van der Waals surface area contributed by atoms with E-state index in [1.807, 2.05) is 37.3 Å². The molecule has 25 heavy (non-hydrogen) atoms. The van der Waals surface area contributed by atoms with Crippen LogP contribution in [0.1, 0.15) is 29.3 Å². The molecule has 0 fully saturated rings. The van der Waals surface area contributed by atoms with Gasteiger partial charge < -0.3 is 20.0 Å². The molecule has 2 rings (SSSR count). The molecule has 132 valence electrons. The molecule has 0 aromatic heterocycles. The van der Waals surface area contributed by atoms with Gasteiger partial charge in [0, 0.05) is 12.0 Å². The molecule has 0 spiro atoms. The monoisotopic (exact) mass is 341 g/mol. The summed E-state index contributed by atoms with van der Waals surface area (Å²) < 4.78 is 5.35. The normalized spacial score (nSPS) is 11.7. The quantitative estimate of drug-likeness (QED) is 0.641. The van der Waals surface area contributed by atoms with Crippen molar-refractivity contribution < 1.29 is 24.7 Å². The van der Waals surface area contributed by atoms with Crippen LogP contribution in [-0.4, -0.2) is 30.9 Å². The van der Waals surface area contributed by atoms with Gasteiger partial charge in [-0.05, 0) is 36.8 Å². The molecule has 0 amide bonds. The fourth-order valence-electron chi connectivity index (χ4n) is 2.59. The zero-order valence-electron chi connectivity index (χ0n) is 14.3. The zero-order valence-corrected chi connectivity index (χ0v) is 14.3. The maximum atomic E-state index is 12.2. The number of hydrogen-bond donors (Lipinski definition) is 1. The summed E-state index contributed by atoms with van der Waals surface area (Å²) in [6, 6.07) is 15.7. The highest BCUT2D eigenvalue weighted by Gasteiger charge is 2.15. The van der Waals surface area contributed by atoms with Gasteiger partial charge >= 0.3 is 0 Å². The molecule has 0 bridgehead atoms. The summed E-state index contributed by atoms with van der Waals surface area (Å²) in [4.78, 5) is 23.5. The van der Waals surface area contributed by atoms with E-state index < -0.39 is 12.0 Å². The average Bonchev–Trinajstić information content (AvgIpc) is 2.62. The third kappa shape index (κ3) is 6.04. The van der Waals surface area contributed by atoms with E-state index in [9.17, 15) is 14.7 Å². The number of quaternary nitrogens is 1. The van der Waals surface area contributed by atoms with Gasteiger partial charge in [0.1, 0.15) is 11.8 Å². The highest BCUT2D eigenvalue weighted by atomic mass is 16.5. The molecule has 0 aliphatic heterocycles. The largest absolute Gasteiger partial charge is 0.544 e. The fraction of sp³-hybridized carbons (Fsp3) is 0.300. The molecule has 0 radical (unpaired) electrons. The van der Waals surface area contributed by atoms with Crippen molar-refractivity contribution in [3.63, 3.8) is 0 Å². The molecule has 0 saturated carbocycles. The highest BCUT2D eigenvalue weighted by Crippen LogP contribution is 2.13. The van der Waals surface area contributed by atoms with Crippen molar-refractivity contribution in [2.75, 3.05) is 13.2 Å². The van der Waals surface area contributed by atoms with Gasteiger partial charge in [-0.15, -0.1) is 0 Å². The number of carboxylic acids is 1. The molecule has 0 aliphatic rings. The van der Waals surface area contributed by atoms with Gasteiger partial charge in [0.15, 0.2) is 5.78 Å². The van der Waals surface area contributed by atoms with Crippen LogP contribution >= 0.6 is 0 Å². The third-order valence-electron chi connectivity index (χ3n) is 3.91. The Kier molecular flexibility index (Phi) is 7.16. The molecular formula is C20H23NO4. The van der Waals surface area contributed by atoms with Crippen molar-refractivity contribution >= 4 is 11.8 Å². The molecular weight excluding hydrogens is 318 g/mol. The van der Waals surface area contributed by atoms with E-state index in [-0.39, 0.29) is 12.2 Å². The number of benzene rings is 2. The van der Waals surface area contributed by atoms with Crippen LogP contribution in [0, 0.1) is 0 Å². The van der Waals surface area contributed by atoms with Gasteiger partial charge in [-0.25, -0.2) is 0 Å². The maximum Gasteiger partial charge on any atom is 0.168 e. The summed E-state index contributed by atoms with van der Waals surface area (Å²) in [5, 5.41) is 13.0. The van der Waals surface area contributed by atoms with Crippen molar-refractivity contribution in [1.82, 2.24) is 0 Å². The fourth-order valence-corrected chi connectivity index (χ4v) is 2.59. The van der Waals surface area contributed by atoms with Crippen molar-refractivity contribution in [3.05, 3.63) is 65.7 Å². The average molecular weight is 341 g/mol. The number of carboxylic acid groups (broad SMARTS) is 1. The topological polar surface area (TPSA) is 83.0 Å². The second kappa shape index (κ2) is 9.59. The first kappa shape index (κ1) is 18.7. The predicted molar refractivity (Wildman–Crippen MR) is 92.3 cm³/mol. The van der Waals surface area contributed by atoms with Crippen LogP contribution in [-0.2, 0) is 11.2 Å². The summed E-state index contributed by atoms with van der Waals surface area (Å²) in [6.07, 6.45) is 0.646. The Bertz CT molecular complexity index is 683. The van der Waals surface area contributed by atoms with Crippen LogP contribution in [0.4, 0.5) is 0 Å². The lowest BCUT2D eigenvalue weighted by molar-refractivity contribution is -0.682. The molecule has 0 aliphatic carbocycles. The number of nitrogens with two attached hydrogens (primary N) is 1. The summed E-state index contributed by atoms with van der Waals surface area (Å²) in [5.74, 6) is -0.404. The van der Waals surface area contributed by atoms with E-state index in [4.69, 9.17) is 4.74 Å². The smallest absolute Gasteiger partial charge is 0.168 e. The summed E-state index contributed by atoms with van der Waals surface area (Å²) in [7, 11) is 0. The number of ether oxygens (including phenoxy) is 1. The first-order valence-corrected chi connectivity index (χ1v) is 8.44. The van der Waals surface area contributed by atoms with Gasteiger partial charge in [-0.2, -0.15) is 0 Å². The Morgan fingerprint density at radius 3 is 2.36 bits per heavy atom. The van der Waals surface area contributed by atoms with Gasteiger partial charge in [-0.3, -0.25) is 4.79 Å². The minimum absolute atomic E-state index is 0.0175. The Labute approximate surface area is 147 Å². The number of aliphatic carboxylic acids is 1. The Morgan fingerprint density at radius 1 is 1.08 bits per heavy atom. The Balaban J connectivity index is 1.84. The number of Topliss-reactive ketones (excluding diaryl/α,β-unsaturated/α-hetero) is 1. The standard InChI is InChI=1S/C20H23NO4/c1-2-25-17-10-8-16(9-11-17)19(22)12-13-21-18(20(23)24)14-15-6-4-3-5-7-15/h3-11,18,21H,2,12-14H2,1H3,(H,23,24)/t18-/m1/s1. The van der Waals surface area contributed by atoms with Gasteiger partial charge in [0.05, 0.1) is 25.5 Å². The van der Waals surface area contributed by atoms with Crippen molar-refractivity contribution in [3.8, 4) is 5.75 Å². The number of carbonyl (C=O) groups is 2. The third-order valence-corrected chi connectivity index (χ3v) is 3.91. The molecule has 2 aromatic carbocycles. The molecule has 0 heterocycles. The van der Waals surface area contributed by atoms with Crippen LogP contribution in [0.15, 0.2) is 54.6 Å². The second-order valence-electron chi connectivity index (χ2n) is 5.77. The summed E-state index contributed by atoms with van der Waals surface area (Å²) >= 11 is 0. The first-order valence-electron chi connectivity index (χ1n) is 8.44. The molecule has 2 aromatic rings. The second-order valence-corrected chi connectivity index (χ2v) is 5.77. The van der Waals surface area contributed by atoms with Crippen LogP contribution in [0.25, 0.3) is 0 Å². The maximum absolute atomic E-state index is 12.2. The van der Waals surface area contributed by atoms with E-state index in [0.717, 1.165) is 11.3 Å². The lowest BCUT2D eigenvalue weighted by Gasteiger charge is -2.16. The van der Waals surface area contributed by atoms with Crippen LogP contribution in [0.3, 0.4) is 0 Å². The number of ketones is 1. The van der Waals surface area contributed by atoms with E-state index >= 15 is 0 Å². The number of carbonyl (C=O) groups excluding carboxylic acids is 2. The lowest BCUT2D eigenvalue weighted by Crippen LogP contribution is -2.93. The van der Waals surface area contributed by atoms with E-state index in [1.165, 1.54) is 0 Å². The molecule has 0 saturated heterocycles. The van der Waals surface area contributed by atoms with Gasteiger partial charge in [0.2, 0.25) is 0 Å². The van der Waals surface area contributed by atoms with E-state index in [0.29, 0.717) is 25.1 Å². The van der Waals surface area contributed by atoms with Crippen LogP contribution in [0.2, 0.25) is 0 Å². The van der Waals surface area contributed by atoms with Crippen LogP contribution in [0.5, 0.6) is 5.75 Å². The van der Waals surface area contributed by atoms with E-state index in [2.05, 4.69) is 0 Å².